The van der Waals surface area contributed by atoms with Gasteiger partial charge in [0.1, 0.15) is 5.76 Å². The molecular formula is C28H26N4O4S. The molecule has 9 heteroatoms. The van der Waals surface area contributed by atoms with E-state index in [2.05, 4.69) is 15.5 Å². The van der Waals surface area contributed by atoms with Gasteiger partial charge in [0.05, 0.1) is 29.1 Å². The van der Waals surface area contributed by atoms with E-state index in [1.807, 2.05) is 34.2 Å². The van der Waals surface area contributed by atoms with Crippen LogP contribution >= 0.6 is 11.3 Å². The molecule has 188 valence electrons. The number of carbonyl (C=O) groups excluding carboxylic acids is 2. The number of pyridine rings is 1. The van der Waals surface area contributed by atoms with Gasteiger partial charge in [0.2, 0.25) is 0 Å². The van der Waals surface area contributed by atoms with E-state index in [4.69, 9.17) is 4.42 Å². The van der Waals surface area contributed by atoms with E-state index in [0.29, 0.717) is 34.4 Å². The van der Waals surface area contributed by atoms with Gasteiger partial charge in [-0.05, 0) is 60.2 Å². The molecule has 4 aromatic rings. The zero-order valence-corrected chi connectivity index (χ0v) is 20.9. The maximum atomic E-state index is 13.0. The lowest BCUT2D eigenvalue weighted by molar-refractivity contribution is 0.0946. The fourth-order valence-corrected chi connectivity index (χ4v) is 6.04. The zero-order chi connectivity index (χ0) is 25.4. The number of piperidine rings is 1. The van der Waals surface area contributed by atoms with Crippen molar-refractivity contribution in [1.29, 1.82) is 0 Å². The van der Waals surface area contributed by atoms with Gasteiger partial charge in [0.25, 0.3) is 17.4 Å². The summed E-state index contributed by atoms with van der Waals surface area (Å²) in [6.07, 6.45) is 2.60. The maximum absolute atomic E-state index is 13.0. The maximum Gasteiger partial charge on any atom is 0.265 e. The number of rotatable bonds is 6. The molecule has 1 fully saturated rings. The monoisotopic (exact) mass is 514 g/mol. The lowest BCUT2D eigenvalue weighted by Gasteiger charge is -2.44. The van der Waals surface area contributed by atoms with Crippen LogP contribution in [0.1, 0.15) is 43.8 Å². The molecule has 0 aliphatic carbocycles. The highest BCUT2D eigenvalue weighted by molar-refractivity contribution is 7.12. The molecule has 3 aromatic heterocycles. The average molecular weight is 515 g/mol. The number of thiophene rings is 1. The van der Waals surface area contributed by atoms with E-state index in [1.54, 1.807) is 42.7 Å². The Morgan fingerprint density at radius 3 is 2.73 bits per heavy atom. The van der Waals surface area contributed by atoms with E-state index >= 15 is 0 Å². The summed E-state index contributed by atoms with van der Waals surface area (Å²) in [4.78, 5) is 41.2. The Bertz CT molecular complexity index is 1490. The summed E-state index contributed by atoms with van der Waals surface area (Å²) in [5, 5.41) is 7.77. The van der Waals surface area contributed by atoms with Gasteiger partial charge in [-0.3, -0.25) is 14.4 Å². The quantitative estimate of drug-likeness (QED) is 0.400. The summed E-state index contributed by atoms with van der Waals surface area (Å²) < 4.78 is 7.21. The summed E-state index contributed by atoms with van der Waals surface area (Å²) in [7, 11) is 0. The molecule has 1 aromatic carbocycles. The summed E-state index contributed by atoms with van der Waals surface area (Å²) in [5.74, 6) is 0.745. The largest absolute Gasteiger partial charge is 0.467 e. The number of carbonyl (C=O) groups is 2. The summed E-state index contributed by atoms with van der Waals surface area (Å²) in [5.41, 5.74) is 3.02. The predicted octanol–water partition coefficient (Wildman–Crippen LogP) is 4.31. The van der Waals surface area contributed by atoms with Crippen LogP contribution in [-0.4, -0.2) is 29.5 Å². The highest BCUT2D eigenvalue weighted by Gasteiger charge is 2.35. The minimum atomic E-state index is -0.251. The molecule has 5 heterocycles. The first-order chi connectivity index (χ1) is 18.0. The molecule has 2 atom stereocenters. The predicted molar refractivity (Wildman–Crippen MR) is 142 cm³/mol. The fraction of sp³-hybridized carbons (Fsp3) is 0.250. The third-order valence-corrected chi connectivity index (χ3v) is 7.94. The first-order valence-electron chi connectivity index (χ1n) is 12.3. The number of fused-ring (bicyclic) bond motifs is 4. The van der Waals surface area contributed by atoms with Crippen molar-refractivity contribution >= 4 is 34.5 Å². The lowest BCUT2D eigenvalue weighted by Crippen LogP contribution is -2.47. The number of amides is 2. The number of hydrogen-bond donors (Lipinski definition) is 2. The van der Waals surface area contributed by atoms with Gasteiger partial charge in [0, 0.05) is 42.9 Å². The third kappa shape index (κ3) is 4.70. The van der Waals surface area contributed by atoms with Crippen LogP contribution in [0.2, 0.25) is 0 Å². The van der Waals surface area contributed by atoms with Gasteiger partial charge < -0.3 is 24.5 Å². The molecule has 6 rings (SSSR count). The van der Waals surface area contributed by atoms with Crippen molar-refractivity contribution in [3.63, 3.8) is 0 Å². The van der Waals surface area contributed by atoms with Crippen molar-refractivity contribution in [2.24, 2.45) is 5.92 Å². The van der Waals surface area contributed by atoms with Crippen LogP contribution in [0.5, 0.6) is 0 Å². The molecule has 0 spiro atoms. The van der Waals surface area contributed by atoms with Crippen molar-refractivity contribution in [2.75, 3.05) is 23.3 Å². The lowest BCUT2D eigenvalue weighted by atomic mass is 9.83. The smallest absolute Gasteiger partial charge is 0.265 e. The van der Waals surface area contributed by atoms with Gasteiger partial charge in [-0.2, -0.15) is 0 Å². The van der Waals surface area contributed by atoms with Crippen LogP contribution < -0.4 is 21.1 Å². The number of benzene rings is 1. The molecule has 2 bridgehead atoms. The van der Waals surface area contributed by atoms with Crippen LogP contribution in [0, 0.1) is 5.92 Å². The van der Waals surface area contributed by atoms with Crippen molar-refractivity contribution in [3.8, 4) is 0 Å². The Hall–Kier alpha value is -4.11. The average Bonchev–Trinajstić information content (AvgIpc) is 3.63. The topological polar surface area (TPSA) is 96.6 Å². The second-order valence-electron chi connectivity index (χ2n) is 9.53. The molecule has 2 unspecified atom stereocenters. The Morgan fingerprint density at radius 2 is 1.92 bits per heavy atom. The molecule has 37 heavy (non-hydrogen) atoms. The Labute approximate surface area is 217 Å². The van der Waals surface area contributed by atoms with Gasteiger partial charge in [-0.1, -0.05) is 12.1 Å². The van der Waals surface area contributed by atoms with Gasteiger partial charge in [-0.15, -0.1) is 11.3 Å². The summed E-state index contributed by atoms with van der Waals surface area (Å²) in [6, 6.07) is 18.1. The Morgan fingerprint density at radius 1 is 1.00 bits per heavy atom. The molecule has 2 aliphatic rings. The molecular weight excluding hydrogens is 488 g/mol. The van der Waals surface area contributed by atoms with Crippen LogP contribution in [0.25, 0.3) is 0 Å². The third-order valence-electron chi connectivity index (χ3n) is 7.08. The Balaban J connectivity index is 1.30. The molecule has 2 amide bonds. The van der Waals surface area contributed by atoms with Crippen LogP contribution in [-0.2, 0) is 13.1 Å². The van der Waals surface area contributed by atoms with Gasteiger partial charge in [-0.25, -0.2) is 0 Å². The standard InChI is InChI=1S/C28H26N4O4S/c33-26-7-1-5-23-20-12-18(16-32(23)26)15-31(17-20)24-9-8-19(27(34)29-14-21-4-2-10-36-21)13-22(24)30-28(35)25-6-3-11-37-25/h1-11,13,18,20H,12,14-17H2,(H,29,34)(H,30,35). The van der Waals surface area contributed by atoms with Crippen LogP contribution in [0.3, 0.4) is 0 Å². The second-order valence-corrected chi connectivity index (χ2v) is 10.5. The highest BCUT2D eigenvalue weighted by Crippen LogP contribution is 2.39. The molecule has 2 aliphatic heterocycles. The molecule has 8 nitrogen and oxygen atoms in total. The number of nitrogens with zero attached hydrogens (tertiary/aromatic N) is 2. The van der Waals surface area contributed by atoms with E-state index < -0.39 is 0 Å². The summed E-state index contributed by atoms with van der Waals surface area (Å²) in [6.45, 7) is 2.46. The minimum Gasteiger partial charge on any atom is -0.467 e. The van der Waals surface area contributed by atoms with E-state index in [1.165, 1.54) is 11.3 Å². The van der Waals surface area contributed by atoms with E-state index in [-0.39, 0.29) is 29.8 Å². The zero-order valence-electron chi connectivity index (χ0n) is 20.1. The summed E-state index contributed by atoms with van der Waals surface area (Å²) >= 11 is 1.37. The fourth-order valence-electron chi connectivity index (χ4n) is 5.42. The Kier molecular flexibility index (Phi) is 6.13. The van der Waals surface area contributed by atoms with Crippen molar-refractivity contribution in [2.45, 2.75) is 25.4 Å². The number of furan rings is 1. The van der Waals surface area contributed by atoms with Gasteiger partial charge in [0.15, 0.2) is 0 Å². The van der Waals surface area contributed by atoms with Crippen molar-refractivity contribution < 1.29 is 14.0 Å². The number of nitrogens with one attached hydrogen (secondary N) is 2. The van der Waals surface area contributed by atoms with Gasteiger partial charge >= 0.3 is 0 Å². The van der Waals surface area contributed by atoms with Crippen molar-refractivity contribution in [3.05, 3.63) is 105 Å². The van der Waals surface area contributed by atoms with Crippen LogP contribution in [0.4, 0.5) is 11.4 Å². The number of hydrogen-bond acceptors (Lipinski definition) is 6. The number of anilines is 2. The first-order valence-corrected chi connectivity index (χ1v) is 13.2. The molecule has 1 saturated heterocycles. The first kappa shape index (κ1) is 23.3. The minimum absolute atomic E-state index is 0.0504. The van der Waals surface area contributed by atoms with E-state index in [9.17, 15) is 14.4 Å². The van der Waals surface area contributed by atoms with Crippen molar-refractivity contribution in [1.82, 2.24) is 9.88 Å². The number of aromatic nitrogens is 1. The molecule has 0 radical (unpaired) electrons. The normalized spacial score (nSPS) is 18.2. The SMILES string of the molecule is O=C(NCc1ccco1)c1ccc(N2CC3CC(C2)c2cccc(=O)n2C3)c(NC(=O)c2cccs2)c1. The second kappa shape index (κ2) is 9.74. The molecule has 0 saturated carbocycles. The van der Waals surface area contributed by atoms with E-state index in [0.717, 1.165) is 30.9 Å². The highest BCUT2D eigenvalue weighted by atomic mass is 32.1. The van der Waals surface area contributed by atoms with Crippen LogP contribution in [0.15, 0.2) is 81.5 Å². The molecule has 2 N–H and O–H groups in total.